The van der Waals surface area contributed by atoms with Crippen LogP contribution in [0.2, 0.25) is 10.0 Å². The summed E-state index contributed by atoms with van der Waals surface area (Å²) >= 11 is 13.4. The Labute approximate surface area is 172 Å². The molecule has 0 saturated carbocycles. The second-order valence-electron chi connectivity index (χ2n) is 6.58. The molecule has 0 aliphatic carbocycles. The number of amides is 2. The largest absolute Gasteiger partial charge is 0.338 e. The molecular formula is C18H20Cl2N4O2S. The summed E-state index contributed by atoms with van der Waals surface area (Å²) < 4.78 is 0. The third-order valence-corrected chi connectivity index (χ3v) is 5.89. The van der Waals surface area contributed by atoms with Gasteiger partial charge < -0.3 is 14.7 Å². The maximum Gasteiger partial charge on any atom is 0.273 e. The van der Waals surface area contributed by atoms with E-state index in [0.29, 0.717) is 48.5 Å². The van der Waals surface area contributed by atoms with Crippen LogP contribution in [0.1, 0.15) is 10.5 Å². The Morgan fingerprint density at radius 3 is 2.41 bits per heavy atom. The molecule has 0 atom stereocenters. The number of halogens is 2. The first kappa shape index (κ1) is 20.1. The quantitative estimate of drug-likeness (QED) is 0.753. The first-order valence-electron chi connectivity index (χ1n) is 8.48. The van der Waals surface area contributed by atoms with Gasteiger partial charge in [-0.2, -0.15) is 0 Å². The average Bonchev–Trinajstić information content (AvgIpc) is 3.13. The minimum absolute atomic E-state index is 0.0858. The number of carbonyl (C=O) groups excluding carboxylic acids is 2. The molecule has 0 bridgehead atoms. The highest BCUT2D eigenvalue weighted by molar-refractivity contribution is 7.13. The number of benzene rings is 1. The number of likely N-dealkylation sites (N-methyl/N-ethyl adjacent to an activating group) is 1. The molecule has 2 heterocycles. The van der Waals surface area contributed by atoms with Crippen LogP contribution in [0, 0.1) is 0 Å². The third-order valence-electron chi connectivity index (χ3n) is 4.26. The van der Waals surface area contributed by atoms with Crippen LogP contribution in [0.5, 0.6) is 0 Å². The summed E-state index contributed by atoms with van der Waals surface area (Å²) in [4.78, 5) is 34.7. The molecule has 1 aliphatic rings. The second-order valence-corrected chi connectivity index (χ2v) is 8.25. The molecule has 144 valence electrons. The van der Waals surface area contributed by atoms with Gasteiger partial charge in [-0.05, 0) is 26.2 Å². The molecule has 9 heteroatoms. The molecule has 0 radical (unpaired) electrons. The van der Waals surface area contributed by atoms with Gasteiger partial charge in [-0.15, -0.1) is 11.3 Å². The van der Waals surface area contributed by atoms with Crippen molar-refractivity contribution in [3.8, 4) is 10.6 Å². The zero-order valence-corrected chi connectivity index (χ0v) is 17.4. The Hall–Kier alpha value is -1.67. The highest BCUT2D eigenvalue weighted by atomic mass is 35.5. The normalized spacial score (nSPS) is 14.7. The van der Waals surface area contributed by atoms with Crippen molar-refractivity contribution in [2.45, 2.75) is 0 Å². The van der Waals surface area contributed by atoms with E-state index in [2.05, 4.69) is 4.98 Å². The molecule has 0 spiro atoms. The zero-order valence-electron chi connectivity index (χ0n) is 15.1. The van der Waals surface area contributed by atoms with Gasteiger partial charge in [-0.25, -0.2) is 4.98 Å². The summed E-state index contributed by atoms with van der Waals surface area (Å²) in [5.41, 5.74) is 1.24. The van der Waals surface area contributed by atoms with Crippen molar-refractivity contribution in [2.75, 3.05) is 46.8 Å². The Morgan fingerprint density at radius 1 is 1.11 bits per heavy atom. The van der Waals surface area contributed by atoms with E-state index in [1.54, 1.807) is 27.3 Å². The fourth-order valence-electron chi connectivity index (χ4n) is 2.83. The van der Waals surface area contributed by atoms with Crippen molar-refractivity contribution in [1.29, 1.82) is 0 Å². The van der Waals surface area contributed by atoms with Crippen LogP contribution in [-0.2, 0) is 4.79 Å². The summed E-state index contributed by atoms with van der Waals surface area (Å²) in [6, 6.07) is 5.29. The van der Waals surface area contributed by atoms with E-state index in [9.17, 15) is 9.59 Å². The Balaban J connectivity index is 1.63. The van der Waals surface area contributed by atoms with E-state index in [1.807, 2.05) is 25.1 Å². The monoisotopic (exact) mass is 426 g/mol. The summed E-state index contributed by atoms with van der Waals surface area (Å²) in [6.45, 7) is 2.49. The fourth-order valence-corrected chi connectivity index (χ4v) is 3.91. The second kappa shape index (κ2) is 8.56. The first-order valence-corrected chi connectivity index (χ1v) is 10.1. The van der Waals surface area contributed by atoms with Crippen LogP contribution in [0.4, 0.5) is 0 Å². The standard InChI is InChI=1S/C18H20Cl2N4O2S/c1-22(2)10-16(25)23-5-7-24(8-6-23)18(26)15-11-27-17(21-15)12-3-4-13(19)14(20)9-12/h3-4,9,11H,5-8,10H2,1-2H3. The molecule has 1 fully saturated rings. The highest BCUT2D eigenvalue weighted by Crippen LogP contribution is 2.30. The molecule has 2 amide bonds. The lowest BCUT2D eigenvalue weighted by atomic mass is 10.2. The van der Waals surface area contributed by atoms with E-state index < -0.39 is 0 Å². The van der Waals surface area contributed by atoms with Crippen molar-refractivity contribution in [1.82, 2.24) is 19.7 Å². The van der Waals surface area contributed by atoms with Gasteiger partial charge in [0.15, 0.2) is 0 Å². The van der Waals surface area contributed by atoms with Gasteiger partial charge in [0.05, 0.1) is 16.6 Å². The molecule has 6 nitrogen and oxygen atoms in total. The Morgan fingerprint density at radius 2 is 1.78 bits per heavy atom. The van der Waals surface area contributed by atoms with Gasteiger partial charge >= 0.3 is 0 Å². The van der Waals surface area contributed by atoms with E-state index >= 15 is 0 Å². The number of hydrogen-bond acceptors (Lipinski definition) is 5. The van der Waals surface area contributed by atoms with Crippen LogP contribution >= 0.6 is 34.5 Å². The molecule has 1 aromatic carbocycles. The summed E-state index contributed by atoms with van der Waals surface area (Å²) in [7, 11) is 3.73. The van der Waals surface area contributed by atoms with E-state index in [4.69, 9.17) is 23.2 Å². The van der Waals surface area contributed by atoms with E-state index in [-0.39, 0.29) is 11.8 Å². The van der Waals surface area contributed by atoms with E-state index in [1.165, 1.54) is 11.3 Å². The molecule has 1 aliphatic heterocycles. The lowest BCUT2D eigenvalue weighted by Gasteiger charge is -2.35. The maximum absolute atomic E-state index is 12.7. The Kier molecular flexibility index (Phi) is 6.37. The predicted molar refractivity (Wildman–Crippen MR) is 109 cm³/mol. The first-order chi connectivity index (χ1) is 12.8. The molecular weight excluding hydrogens is 407 g/mol. The number of piperazine rings is 1. The van der Waals surface area contributed by atoms with Crippen LogP contribution in [0.25, 0.3) is 10.6 Å². The number of thiazole rings is 1. The zero-order chi connectivity index (χ0) is 19.6. The summed E-state index contributed by atoms with van der Waals surface area (Å²) in [6.07, 6.45) is 0. The minimum Gasteiger partial charge on any atom is -0.338 e. The topological polar surface area (TPSA) is 56.8 Å². The molecule has 0 N–H and O–H groups in total. The molecule has 1 aromatic heterocycles. The van der Waals surface area contributed by atoms with Crippen molar-refractivity contribution in [3.05, 3.63) is 39.3 Å². The van der Waals surface area contributed by atoms with Crippen LogP contribution in [0.3, 0.4) is 0 Å². The molecule has 3 rings (SSSR count). The van der Waals surface area contributed by atoms with Gasteiger partial charge in [0, 0.05) is 37.1 Å². The van der Waals surface area contributed by atoms with Crippen LogP contribution < -0.4 is 0 Å². The van der Waals surface area contributed by atoms with Gasteiger partial charge in [0.25, 0.3) is 5.91 Å². The third kappa shape index (κ3) is 4.79. The van der Waals surface area contributed by atoms with Gasteiger partial charge in [0.2, 0.25) is 5.91 Å². The van der Waals surface area contributed by atoms with Gasteiger partial charge in [0.1, 0.15) is 10.7 Å². The number of carbonyl (C=O) groups is 2. The van der Waals surface area contributed by atoms with E-state index in [0.717, 1.165) is 10.6 Å². The Bertz CT molecular complexity index is 848. The minimum atomic E-state index is -0.114. The predicted octanol–water partition coefficient (Wildman–Crippen LogP) is 2.96. The SMILES string of the molecule is CN(C)CC(=O)N1CCN(C(=O)c2csc(-c3ccc(Cl)c(Cl)c3)n2)CC1. The molecule has 2 aromatic rings. The number of nitrogens with zero attached hydrogens (tertiary/aromatic N) is 4. The van der Waals surface area contributed by atoms with Crippen molar-refractivity contribution in [2.24, 2.45) is 0 Å². The average molecular weight is 427 g/mol. The smallest absolute Gasteiger partial charge is 0.273 e. The van der Waals surface area contributed by atoms with Crippen molar-refractivity contribution < 1.29 is 9.59 Å². The summed E-state index contributed by atoms with van der Waals surface area (Å²) in [5.74, 6) is -0.0278. The van der Waals surface area contributed by atoms with Crippen LogP contribution in [-0.4, -0.2) is 78.3 Å². The molecule has 1 saturated heterocycles. The number of rotatable bonds is 4. The van der Waals surface area contributed by atoms with Crippen LogP contribution in [0.15, 0.2) is 23.6 Å². The molecule has 27 heavy (non-hydrogen) atoms. The lowest BCUT2D eigenvalue weighted by Crippen LogP contribution is -2.52. The fraction of sp³-hybridized carbons (Fsp3) is 0.389. The lowest BCUT2D eigenvalue weighted by molar-refractivity contribution is -0.133. The van der Waals surface area contributed by atoms with Crippen molar-refractivity contribution >= 4 is 46.4 Å². The maximum atomic E-state index is 12.7. The van der Waals surface area contributed by atoms with Gasteiger partial charge in [-0.1, -0.05) is 29.3 Å². The highest BCUT2D eigenvalue weighted by Gasteiger charge is 2.26. The van der Waals surface area contributed by atoms with Gasteiger partial charge in [-0.3, -0.25) is 9.59 Å². The summed E-state index contributed by atoms with van der Waals surface area (Å²) in [5, 5.41) is 3.41. The van der Waals surface area contributed by atoms with Crippen molar-refractivity contribution in [3.63, 3.8) is 0 Å². The number of aromatic nitrogens is 1. The molecule has 0 unspecified atom stereocenters. The number of hydrogen-bond donors (Lipinski definition) is 0.